The van der Waals surface area contributed by atoms with Gasteiger partial charge in [0.25, 0.3) is 0 Å². The van der Waals surface area contributed by atoms with Gasteiger partial charge in [-0.2, -0.15) is 0 Å². The second kappa shape index (κ2) is 9.04. The second-order valence-corrected chi connectivity index (χ2v) is 6.84. The van der Waals surface area contributed by atoms with Crippen LogP contribution in [0.2, 0.25) is 10.0 Å². The van der Waals surface area contributed by atoms with E-state index in [1.54, 1.807) is 12.1 Å². The zero-order valence-electron chi connectivity index (χ0n) is 14.8. The van der Waals surface area contributed by atoms with Gasteiger partial charge in [-0.15, -0.1) is 0 Å². The molecule has 0 aliphatic carbocycles. The summed E-state index contributed by atoms with van der Waals surface area (Å²) in [6, 6.07) is 11.1. The maximum atomic E-state index is 12.1. The predicted molar refractivity (Wildman–Crippen MR) is 108 cm³/mol. The van der Waals surface area contributed by atoms with Crippen molar-refractivity contribution in [2.24, 2.45) is 0 Å². The number of hydrogen-bond donors (Lipinski definition) is 2. The summed E-state index contributed by atoms with van der Waals surface area (Å²) in [6.07, 6.45) is 3.62. The van der Waals surface area contributed by atoms with Crippen molar-refractivity contribution in [2.45, 2.75) is 19.4 Å². The lowest BCUT2D eigenvalue weighted by molar-refractivity contribution is -0.114. The molecule has 1 heterocycles. The van der Waals surface area contributed by atoms with Gasteiger partial charge in [0, 0.05) is 36.0 Å². The Morgan fingerprint density at radius 3 is 2.89 bits per heavy atom. The minimum atomic E-state index is -0.0595. The van der Waals surface area contributed by atoms with E-state index in [1.807, 2.05) is 31.3 Å². The molecule has 0 bridgehead atoms. The number of aromatic amines is 1. The third kappa shape index (κ3) is 5.10. The molecule has 7 heteroatoms. The summed E-state index contributed by atoms with van der Waals surface area (Å²) in [7, 11) is 1.82. The molecule has 0 saturated heterocycles. The van der Waals surface area contributed by atoms with Crippen molar-refractivity contribution in [3.8, 4) is 5.75 Å². The Morgan fingerprint density at radius 2 is 2.11 bits per heavy atom. The van der Waals surface area contributed by atoms with Gasteiger partial charge < -0.3 is 15.0 Å². The fourth-order valence-electron chi connectivity index (χ4n) is 2.69. The van der Waals surface area contributed by atoms with E-state index in [2.05, 4.69) is 15.3 Å². The number of H-pyrrole nitrogens is 1. The smallest absolute Gasteiger partial charge is 0.159 e. The van der Waals surface area contributed by atoms with E-state index in [0.29, 0.717) is 35.2 Å². The molecule has 3 rings (SSSR count). The van der Waals surface area contributed by atoms with E-state index < -0.39 is 0 Å². The Labute approximate surface area is 167 Å². The van der Waals surface area contributed by atoms with Crippen molar-refractivity contribution in [3.05, 3.63) is 70.2 Å². The maximum Gasteiger partial charge on any atom is 0.159 e. The third-order valence-corrected chi connectivity index (χ3v) is 4.44. The van der Waals surface area contributed by atoms with Gasteiger partial charge in [-0.3, -0.25) is 4.79 Å². The van der Waals surface area contributed by atoms with Gasteiger partial charge >= 0.3 is 0 Å². The van der Waals surface area contributed by atoms with E-state index >= 15 is 0 Å². The first kappa shape index (κ1) is 19.4. The number of aromatic nitrogens is 2. The van der Waals surface area contributed by atoms with Gasteiger partial charge in [0.1, 0.15) is 11.6 Å². The number of carbonyl (C=O) groups excluding carboxylic acids is 1. The Kier molecular flexibility index (Phi) is 6.50. The van der Waals surface area contributed by atoms with Gasteiger partial charge in [-0.05, 0) is 31.3 Å². The quantitative estimate of drug-likeness (QED) is 0.423. The fraction of sp³-hybridized carbons (Fsp3) is 0.200. The number of allylic oxidation sites excluding steroid dienone is 1. The van der Waals surface area contributed by atoms with E-state index in [1.165, 1.54) is 12.3 Å². The molecule has 2 N–H and O–H groups in total. The second-order valence-electron chi connectivity index (χ2n) is 5.99. The molecule has 2 aromatic carbocycles. The summed E-state index contributed by atoms with van der Waals surface area (Å²) in [4.78, 5) is 19.8. The number of halogens is 2. The van der Waals surface area contributed by atoms with Crippen LogP contribution in [0.1, 0.15) is 17.8 Å². The number of hydrogen-bond acceptors (Lipinski definition) is 4. The van der Waals surface area contributed by atoms with E-state index in [-0.39, 0.29) is 5.78 Å². The van der Waals surface area contributed by atoms with Gasteiger partial charge in [-0.1, -0.05) is 35.3 Å². The number of rotatable bonds is 8. The molecule has 27 heavy (non-hydrogen) atoms. The molecule has 5 nitrogen and oxygen atoms in total. The number of nitrogens with zero attached hydrogens (tertiary/aromatic N) is 1. The first-order valence-electron chi connectivity index (χ1n) is 8.49. The van der Waals surface area contributed by atoms with E-state index in [0.717, 1.165) is 22.4 Å². The SMILES string of the molecule is CNCc1cc(Cl)cc(Cl)c1O/C=C/C(=O)CCc1nc2ccccc2[nH]1. The number of imidazole rings is 1. The highest BCUT2D eigenvalue weighted by Crippen LogP contribution is 2.32. The zero-order valence-corrected chi connectivity index (χ0v) is 16.3. The van der Waals surface area contributed by atoms with Crippen LogP contribution in [0, 0.1) is 0 Å². The number of fused-ring (bicyclic) bond motifs is 1. The van der Waals surface area contributed by atoms with Crippen molar-refractivity contribution >= 4 is 40.0 Å². The molecule has 0 radical (unpaired) electrons. The third-order valence-electron chi connectivity index (χ3n) is 3.94. The number of carbonyl (C=O) groups is 1. The van der Waals surface area contributed by atoms with Crippen LogP contribution in [0.5, 0.6) is 5.75 Å². The summed E-state index contributed by atoms with van der Waals surface area (Å²) in [5.74, 6) is 1.21. The van der Waals surface area contributed by atoms with Gasteiger partial charge in [0.05, 0.1) is 22.3 Å². The molecule has 0 unspecified atom stereocenters. The highest BCUT2D eigenvalue weighted by atomic mass is 35.5. The van der Waals surface area contributed by atoms with Crippen LogP contribution in [0.3, 0.4) is 0 Å². The van der Waals surface area contributed by atoms with Crippen LogP contribution in [-0.4, -0.2) is 22.8 Å². The van der Waals surface area contributed by atoms with Crippen molar-refractivity contribution in [2.75, 3.05) is 7.05 Å². The summed E-state index contributed by atoms with van der Waals surface area (Å²) in [6.45, 7) is 0.545. The number of ketones is 1. The summed E-state index contributed by atoms with van der Waals surface area (Å²) >= 11 is 12.2. The predicted octanol–water partition coefficient (Wildman–Crippen LogP) is 4.68. The van der Waals surface area contributed by atoms with Crippen molar-refractivity contribution in [3.63, 3.8) is 0 Å². The molecule has 0 saturated carbocycles. The lowest BCUT2D eigenvalue weighted by Gasteiger charge is -2.10. The highest BCUT2D eigenvalue weighted by Gasteiger charge is 2.10. The minimum Gasteiger partial charge on any atom is -0.463 e. The van der Waals surface area contributed by atoms with Crippen molar-refractivity contribution in [1.29, 1.82) is 0 Å². The standard InChI is InChI=1S/C20H19Cl2N3O2/c1-23-12-13-10-14(21)11-16(22)20(13)27-9-8-15(26)6-7-19-24-17-4-2-3-5-18(17)25-19/h2-5,8-11,23H,6-7,12H2,1H3,(H,24,25)/b9-8+. The molecule has 3 aromatic rings. The molecule has 0 atom stereocenters. The normalized spacial score (nSPS) is 11.4. The van der Waals surface area contributed by atoms with Crippen LogP contribution in [0.4, 0.5) is 0 Å². The largest absolute Gasteiger partial charge is 0.463 e. The van der Waals surface area contributed by atoms with Gasteiger partial charge in [0.2, 0.25) is 0 Å². The van der Waals surface area contributed by atoms with Gasteiger partial charge in [-0.25, -0.2) is 4.98 Å². The lowest BCUT2D eigenvalue weighted by atomic mass is 10.2. The Morgan fingerprint density at radius 1 is 1.30 bits per heavy atom. The molecule has 0 aliphatic rings. The van der Waals surface area contributed by atoms with Crippen molar-refractivity contribution < 1.29 is 9.53 Å². The number of aryl methyl sites for hydroxylation is 1. The Bertz CT molecular complexity index is 950. The topological polar surface area (TPSA) is 67.0 Å². The fourth-order valence-corrected chi connectivity index (χ4v) is 3.27. The monoisotopic (exact) mass is 403 g/mol. The Balaban J connectivity index is 1.59. The summed E-state index contributed by atoms with van der Waals surface area (Å²) in [5.41, 5.74) is 2.68. The number of ether oxygens (including phenoxy) is 1. The van der Waals surface area contributed by atoms with Crippen LogP contribution in [-0.2, 0) is 17.8 Å². The number of benzene rings is 2. The highest BCUT2D eigenvalue weighted by molar-refractivity contribution is 6.35. The first-order valence-corrected chi connectivity index (χ1v) is 9.24. The van der Waals surface area contributed by atoms with Crippen LogP contribution >= 0.6 is 23.2 Å². The molecular weight excluding hydrogens is 385 g/mol. The summed E-state index contributed by atoms with van der Waals surface area (Å²) in [5, 5.41) is 3.96. The molecule has 0 spiro atoms. The van der Waals surface area contributed by atoms with Crippen LogP contribution < -0.4 is 10.1 Å². The number of para-hydroxylation sites is 2. The lowest BCUT2D eigenvalue weighted by Crippen LogP contribution is -2.07. The molecule has 0 amide bonds. The average molecular weight is 404 g/mol. The number of nitrogens with one attached hydrogen (secondary N) is 2. The summed E-state index contributed by atoms with van der Waals surface area (Å²) < 4.78 is 5.59. The maximum absolute atomic E-state index is 12.1. The zero-order chi connectivity index (χ0) is 19.2. The first-order chi connectivity index (χ1) is 13.1. The minimum absolute atomic E-state index is 0.0595. The van der Waals surface area contributed by atoms with Crippen LogP contribution in [0.25, 0.3) is 11.0 Å². The molecule has 0 aliphatic heterocycles. The van der Waals surface area contributed by atoms with E-state index in [9.17, 15) is 4.79 Å². The molecule has 1 aromatic heterocycles. The molecule has 140 valence electrons. The van der Waals surface area contributed by atoms with Crippen LogP contribution in [0.15, 0.2) is 48.7 Å². The average Bonchev–Trinajstić information content (AvgIpc) is 3.05. The Hall–Kier alpha value is -2.34. The molecular formula is C20H19Cl2N3O2. The van der Waals surface area contributed by atoms with Gasteiger partial charge in [0.15, 0.2) is 5.78 Å². The van der Waals surface area contributed by atoms with E-state index in [4.69, 9.17) is 27.9 Å². The molecule has 0 fully saturated rings. The van der Waals surface area contributed by atoms with Crippen molar-refractivity contribution in [1.82, 2.24) is 15.3 Å².